The van der Waals surface area contributed by atoms with Gasteiger partial charge in [-0.2, -0.15) is 0 Å². The molecule has 3 heterocycles. The first kappa shape index (κ1) is 12.7. The van der Waals surface area contributed by atoms with E-state index in [9.17, 15) is 0 Å². The fourth-order valence-electron chi connectivity index (χ4n) is 2.13. The van der Waals surface area contributed by atoms with Crippen molar-refractivity contribution in [3.05, 3.63) is 40.4 Å². The Hall–Kier alpha value is -2.05. The highest BCUT2D eigenvalue weighted by molar-refractivity contribution is 7.16. The van der Waals surface area contributed by atoms with Gasteiger partial charge in [-0.05, 0) is 29.1 Å². The minimum Gasteiger partial charge on any atom is -0.454 e. The van der Waals surface area contributed by atoms with Crippen LogP contribution in [0.1, 0.15) is 5.56 Å². The van der Waals surface area contributed by atoms with Crippen LogP contribution in [0.25, 0.3) is 10.2 Å². The number of hydrogen-bond acceptors (Lipinski definition) is 6. The van der Waals surface area contributed by atoms with Gasteiger partial charge in [0, 0.05) is 11.9 Å². The second kappa shape index (κ2) is 5.05. The molecule has 1 aliphatic heterocycles. The second-order valence-electron chi connectivity index (χ2n) is 4.52. The van der Waals surface area contributed by atoms with Crippen molar-refractivity contribution in [1.29, 1.82) is 0 Å². The van der Waals surface area contributed by atoms with Gasteiger partial charge in [0.15, 0.2) is 11.5 Å². The number of thiophene rings is 1. The van der Waals surface area contributed by atoms with Gasteiger partial charge in [0.1, 0.15) is 9.98 Å². The Kier molecular flexibility index (Phi) is 3.05. The molecule has 1 N–H and O–H groups in total. The molecule has 106 valence electrons. The topological polar surface area (TPSA) is 56.3 Å². The van der Waals surface area contributed by atoms with Gasteiger partial charge < -0.3 is 14.8 Å². The number of ether oxygens (including phenoxy) is 2. The molecule has 2 aromatic heterocycles. The zero-order valence-corrected chi connectivity index (χ0v) is 12.4. The summed E-state index contributed by atoms with van der Waals surface area (Å²) < 4.78 is 10.6. The van der Waals surface area contributed by atoms with E-state index in [2.05, 4.69) is 15.3 Å². The normalized spacial score (nSPS) is 12.8. The minimum atomic E-state index is 0.278. The number of halogens is 1. The van der Waals surface area contributed by atoms with Crippen LogP contribution in [0.3, 0.4) is 0 Å². The minimum absolute atomic E-state index is 0.278. The Labute approximate surface area is 129 Å². The third kappa shape index (κ3) is 2.36. The summed E-state index contributed by atoms with van der Waals surface area (Å²) in [5, 5.41) is 6.48. The Morgan fingerprint density at radius 3 is 3.05 bits per heavy atom. The van der Waals surface area contributed by atoms with Crippen molar-refractivity contribution in [3.8, 4) is 11.5 Å². The molecule has 0 atom stereocenters. The van der Waals surface area contributed by atoms with Gasteiger partial charge in [-0.3, -0.25) is 0 Å². The molecule has 3 aromatic rings. The van der Waals surface area contributed by atoms with Crippen molar-refractivity contribution in [2.24, 2.45) is 0 Å². The highest BCUT2D eigenvalue weighted by Gasteiger charge is 2.13. The predicted octanol–water partition coefficient (Wildman–Crippen LogP) is 3.69. The average Bonchev–Trinajstić information content (AvgIpc) is 3.13. The van der Waals surface area contributed by atoms with Crippen molar-refractivity contribution < 1.29 is 9.47 Å². The van der Waals surface area contributed by atoms with Crippen LogP contribution >= 0.6 is 22.9 Å². The van der Waals surface area contributed by atoms with Crippen LogP contribution in [0.15, 0.2) is 29.6 Å². The van der Waals surface area contributed by atoms with E-state index in [0.29, 0.717) is 17.6 Å². The molecule has 0 radical (unpaired) electrons. The van der Waals surface area contributed by atoms with Crippen LogP contribution in [-0.4, -0.2) is 16.8 Å². The molecular formula is C14H10ClN3O2S. The summed E-state index contributed by atoms with van der Waals surface area (Å²) in [6.07, 6.45) is 0. The number of hydrogen-bond donors (Lipinski definition) is 1. The molecule has 0 saturated carbocycles. The van der Waals surface area contributed by atoms with Gasteiger partial charge in [-0.1, -0.05) is 17.7 Å². The number of aromatic nitrogens is 2. The summed E-state index contributed by atoms with van der Waals surface area (Å²) in [7, 11) is 0. The summed E-state index contributed by atoms with van der Waals surface area (Å²) in [5.41, 5.74) is 1.06. The summed E-state index contributed by atoms with van der Waals surface area (Å²) in [5.74, 6) is 2.06. The van der Waals surface area contributed by atoms with Crippen molar-refractivity contribution in [2.75, 3.05) is 12.1 Å². The smallest absolute Gasteiger partial charge is 0.231 e. The molecule has 1 aromatic carbocycles. The molecule has 21 heavy (non-hydrogen) atoms. The monoisotopic (exact) mass is 319 g/mol. The molecule has 0 unspecified atom stereocenters. The van der Waals surface area contributed by atoms with Crippen LogP contribution in [-0.2, 0) is 6.54 Å². The number of anilines is 1. The first-order valence-corrected chi connectivity index (χ1v) is 7.58. The highest BCUT2D eigenvalue weighted by Crippen LogP contribution is 2.32. The average molecular weight is 320 g/mol. The van der Waals surface area contributed by atoms with Gasteiger partial charge in [0.2, 0.25) is 12.7 Å². The van der Waals surface area contributed by atoms with Crippen LogP contribution in [0.2, 0.25) is 5.15 Å². The lowest BCUT2D eigenvalue weighted by molar-refractivity contribution is 0.174. The number of rotatable bonds is 3. The fourth-order valence-corrected chi connectivity index (χ4v) is 3.18. The maximum Gasteiger partial charge on any atom is 0.231 e. The van der Waals surface area contributed by atoms with Crippen molar-refractivity contribution in [1.82, 2.24) is 9.97 Å². The zero-order valence-electron chi connectivity index (χ0n) is 10.8. The van der Waals surface area contributed by atoms with Gasteiger partial charge in [0.25, 0.3) is 0 Å². The molecule has 1 aliphatic rings. The molecule has 0 amide bonds. The lowest BCUT2D eigenvalue weighted by Crippen LogP contribution is -2.03. The molecule has 7 heteroatoms. The maximum atomic E-state index is 6.14. The van der Waals surface area contributed by atoms with Gasteiger partial charge in [-0.15, -0.1) is 11.3 Å². The van der Waals surface area contributed by atoms with E-state index in [1.807, 2.05) is 29.6 Å². The van der Waals surface area contributed by atoms with E-state index in [1.54, 1.807) is 11.3 Å². The quantitative estimate of drug-likeness (QED) is 0.746. The highest BCUT2D eigenvalue weighted by atomic mass is 35.5. The third-order valence-corrected chi connectivity index (χ3v) is 4.26. The number of nitrogens with zero attached hydrogens (tertiary/aromatic N) is 2. The third-order valence-electron chi connectivity index (χ3n) is 3.17. The van der Waals surface area contributed by atoms with E-state index in [-0.39, 0.29) is 6.79 Å². The maximum absolute atomic E-state index is 6.14. The summed E-state index contributed by atoms with van der Waals surface area (Å²) in [6, 6.07) is 7.74. The van der Waals surface area contributed by atoms with Gasteiger partial charge in [0.05, 0.1) is 0 Å². The number of benzene rings is 1. The number of fused-ring (bicyclic) bond motifs is 2. The van der Waals surface area contributed by atoms with E-state index >= 15 is 0 Å². The molecule has 4 rings (SSSR count). The van der Waals surface area contributed by atoms with E-state index in [1.165, 1.54) is 0 Å². The van der Waals surface area contributed by atoms with Crippen molar-refractivity contribution >= 4 is 39.1 Å². The largest absolute Gasteiger partial charge is 0.454 e. The lowest BCUT2D eigenvalue weighted by atomic mass is 10.2. The molecule has 0 fully saturated rings. The predicted molar refractivity (Wildman–Crippen MR) is 82.3 cm³/mol. The van der Waals surface area contributed by atoms with E-state index in [0.717, 1.165) is 27.3 Å². The van der Waals surface area contributed by atoms with Gasteiger partial charge in [-0.25, -0.2) is 9.97 Å². The summed E-state index contributed by atoms with van der Waals surface area (Å²) in [4.78, 5) is 9.57. The SMILES string of the molecule is Clc1nc(NCc2ccc3c(c2)OCO3)nc2sccc12. The second-order valence-corrected chi connectivity index (χ2v) is 5.77. The zero-order chi connectivity index (χ0) is 14.2. The van der Waals surface area contributed by atoms with Crippen LogP contribution in [0.4, 0.5) is 5.95 Å². The Morgan fingerprint density at radius 1 is 1.19 bits per heavy atom. The van der Waals surface area contributed by atoms with Crippen LogP contribution < -0.4 is 14.8 Å². The Morgan fingerprint density at radius 2 is 2.10 bits per heavy atom. The van der Waals surface area contributed by atoms with E-state index in [4.69, 9.17) is 21.1 Å². The van der Waals surface area contributed by atoms with Crippen LogP contribution in [0, 0.1) is 0 Å². The molecule has 0 saturated heterocycles. The molecule has 0 bridgehead atoms. The Balaban J connectivity index is 1.55. The first-order chi connectivity index (χ1) is 10.3. The van der Waals surface area contributed by atoms with Crippen molar-refractivity contribution in [3.63, 3.8) is 0 Å². The molecule has 0 aliphatic carbocycles. The van der Waals surface area contributed by atoms with E-state index < -0.39 is 0 Å². The van der Waals surface area contributed by atoms with Crippen LogP contribution in [0.5, 0.6) is 11.5 Å². The first-order valence-electron chi connectivity index (χ1n) is 6.33. The molecule has 0 spiro atoms. The fraction of sp³-hybridized carbons (Fsp3) is 0.143. The number of nitrogens with one attached hydrogen (secondary N) is 1. The van der Waals surface area contributed by atoms with Gasteiger partial charge >= 0.3 is 0 Å². The Bertz CT molecular complexity index is 821. The van der Waals surface area contributed by atoms with Crippen molar-refractivity contribution in [2.45, 2.75) is 6.54 Å². The molecule has 5 nitrogen and oxygen atoms in total. The standard InChI is InChI=1S/C14H10ClN3O2S/c15-12-9-3-4-21-13(9)18-14(17-12)16-6-8-1-2-10-11(5-8)20-7-19-10/h1-5H,6-7H2,(H,16,17,18). The lowest BCUT2D eigenvalue weighted by Gasteiger charge is -2.06. The summed E-state index contributed by atoms with van der Waals surface area (Å²) in [6.45, 7) is 0.865. The summed E-state index contributed by atoms with van der Waals surface area (Å²) >= 11 is 7.68. The molecular weight excluding hydrogens is 310 g/mol.